The number of hydrogen-bond acceptors (Lipinski definition) is 5. The van der Waals surface area contributed by atoms with Gasteiger partial charge in [0.2, 0.25) is 0 Å². The molecule has 3 saturated heterocycles. The van der Waals surface area contributed by atoms with Gasteiger partial charge in [0.25, 0.3) is 0 Å². The minimum atomic E-state index is 0.271. The molecule has 2 N–H and O–H groups in total. The smallest absolute Gasteiger partial charge is 0.0835 e. The number of nitrogens with one attached hydrogen (secondary N) is 2. The second-order valence-electron chi connectivity index (χ2n) is 8.36. The molecule has 8 atom stereocenters. The SMILES string of the molecule is COC1CCC(C2CNC3NCC(C4CCOC4)C3C2)CC1OC. The maximum absolute atomic E-state index is 5.73. The van der Waals surface area contributed by atoms with Gasteiger partial charge in [-0.1, -0.05) is 0 Å². The van der Waals surface area contributed by atoms with Crippen LogP contribution in [-0.4, -0.2) is 58.9 Å². The molecule has 138 valence electrons. The summed E-state index contributed by atoms with van der Waals surface area (Å²) in [6, 6.07) is 0. The van der Waals surface area contributed by atoms with Gasteiger partial charge in [-0.05, 0) is 68.2 Å². The topological polar surface area (TPSA) is 51.8 Å². The third-order valence-corrected chi connectivity index (χ3v) is 7.34. The van der Waals surface area contributed by atoms with Crippen LogP contribution in [0.1, 0.15) is 32.1 Å². The molecule has 4 rings (SSSR count). The highest BCUT2D eigenvalue weighted by Crippen LogP contribution is 2.43. The summed E-state index contributed by atoms with van der Waals surface area (Å²) in [6.45, 7) is 4.26. The van der Waals surface area contributed by atoms with E-state index in [2.05, 4.69) is 10.6 Å². The minimum absolute atomic E-state index is 0.271. The van der Waals surface area contributed by atoms with Crippen LogP contribution in [0, 0.1) is 29.6 Å². The molecule has 4 fully saturated rings. The predicted octanol–water partition coefficient (Wildman–Crippen LogP) is 1.62. The van der Waals surface area contributed by atoms with Crippen molar-refractivity contribution in [3.05, 3.63) is 0 Å². The van der Waals surface area contributed by atoms with Gasteiger partial charge in [0.05, 0.1) is 18.4 Å². The van der Waals surface area contributed by atoms with E-state index in [1.165, 1.54) is 25.8 Å². The van der Waals surface area contributed by atoms with Gasteiger partial charge in [0.15, 0.2) is 0 Å². The summed E-state index contributed by atoms with van der Waals surface area (Å²) >= 11 is 0. The summed E-state index contributed by atoms with van der Waals surface area (Å²) < 4.78 is 17.0. The molecule has 0 aromatic heterocycles. The van der Waals surface area contributed by atoms with Crippen LogP contribution >= 0.6 is 0 Å². The molecule has 5 heteroatoms. The molecule has 8 unspecified atom stereocenters. The number of piperidine rings is 1. The van der Waals surface area contributed by atoms with E-state index in [4.69, 9.17) is 14.2 Å². The highest BCUT2D eigenvalue weighted by Gasteiger charge is 2.46. The third kappa shape index (κ3) is 3.26. The molecule has 24 heavy (non-hydrogen) atoms. The average molecular weight is 338 g/mol. The molecule has 1 aliphatic carbocycles. The van der Waals surface area contributed by atoms with Crippen LogP contribution in [0.15, 0.2) is 0 Å². The van der Waals surface area contributed by atoms with E-state index in [-0.39, 0.29) is 12.2 Å². The maximum atomic E-state index is 5.73. The largest absolute Gasteiger partial charge is 0.381 e. The highest BCUT2D eigenvalue weighted by atomic mass is 16.5. The fourth-order valence-electron chi connectivity index (χ4n) is 5.90. The third-order valence-electron chi connectivity index (χ3n) is 7.34. The number of rotatable bonds is 4. The Balaban J connectivity index is 1.39. The predicted molar refractivity (Wildman–Crippen MR) is 92.7 cm³/mol. The van der Waals surface area contributed by atoms with Gasteiger partial charge in [-0.3, -0.25) is 0 Å². The Morgan fingerprint density at radius 2 is 1.62 bits per heavy atom. The van der Waals surface area contributed by atoms with E-state index >= 15 is 0 Å². The highest BCUT2D eigenvalue weighted by molar-refractivity contribution is 4.99. The molecular weight excluding hydrogens is 304 g/mol. The maximum Gasteiger partial charge on any atom is 0.0835 e. The van der Waals surface area contributed by atoms with E-state index in [0.29, 0.717) is 6.17 Å². The van der Waals surface area contributed by atoms with Crippen molar-refractivity contribution in [2.75, 3.05) is 40.5 Å². The van der Waals surface area contributed by atoms with Gasteiger partial charge in [-0.2, -0.15) is 0 Å². The van der Waals surface area contributed by atoms with Crippen LogP contribution in [0.4, 0.5) is 0 Å². The number of ether oxygens (including phenoxy) is 3. The first-order chi connectivity index (χ1) is 11.8. The quantitative estimate of drug-likeness (QED) is 0.816. The van der Waals surface area contributed by atoms with E-state index in [1.807, 2.05) is 14.2 Å². The van der Waals surface area contributed by atoms with Crippen molar-refractivity contribution in [3.8, 4) is 0 Å². The molecule has 0 spiro atoms. The van der Waals surface area contributed by atoms with Crippen molar-refractivity contribution in [1.82, 2.24) is 10.6 Å². The van der Waals surface area contributed by atoms with Gasteiger partial charge >= 0.3 is 0 Å². The lowest BCUT2D eigenvalue weighted by Crippen LogP contribution is -2.52. The van der Waals surface area contributed by atoms with Crippen molar-refractivity contribution in [2.45, 2.75) is 50.5 Å². The lowest BCUT2D eigenvalue weighted by molar-refractivity contribution is -0.0799. The van der Waals surface area contributed by atoms with E-state index < -0.39 is 0 Å². The Hall–Kier alpha value is -0.200. The molecule has 0 aromatic carbocycles. The Labute approximate surface area is 146 Å². The zero-order valence-corrected chi connectivity index (χ0v) is 15.2. The van der Waals surface area contributed by atoms with Crippen molar-refractivity contribution < 1.29 is 14.2 Å². The van der Waals surface area contributed by atoms with Gasteiger partial charge in [-0.25, -0.2) is 0 Å². The second-order valence-corrected chi connectivity index (χ2v) is 8.36. The van der Waals surface area contributed by atoms with Crippen molar-refractivity contribution in [2.24, 2.45) is 29.6 Å². The number of hydrogen-bond donors (Lipinski definition) is 2. The average Bonchev–Trinajstić information content (AvgIpc) is 3.29. The van der Waals surface area contributed by atoms with Crippen molar-refractivity contribution in [3.63, 3.8) is 0 Å². The zero-order chi connectivity index (χ0) is 16.5. The molecule has 3 aliphatic heterocycles. The van der Waals surface area contributed by atoms with Crippen LogP contribution in [0.5, 0.6) is 0 Å². The standard InChI is InChI=1S/C19H34N2O3/c1-22-17-4-3-12(8-18(17)23-2)14-7-15-16(13-5-6-24-11-13)10-21-19(15)20-9-14/h12-21H,3-11H2,1-2H3. The summed E-state index contributed by atoms with van der Waals surface area (Å²) in [7, 11) is 3.66. The Kier molecular flexibility index (Phi) is 5.44. The summed E-state index contributed by atoms with van der Waals surface area (Å²) in [4.78, 5) is 0. The molecule has 0 amide bonds. The van der Waals surface area contributed by atoms with E-state index in [0.717, 1.165) is 62.2 Å². The molecule has 0 radical (unpaired) electrons. The first kappa shape index (κ1) is 17.2. The summed E-state index contributed by atoms with van der Waals surface area (Å²) in [5, 5.41) is 7.55. The van der Waals surface area contributed by atoms with Crippen molar-refractivity contribution in [1.29, 1.82) is 0 Å². The lowest BCUT2D eigenvalue weighted by Gasteiger charge is -2.43. The van der Waals surface area contributed by atoms with Crippen LogP contribution in [0.2, 0.25) is 0 Å². The van der Waals surface area contributed by atoms with Crippen LogP contribution in [0.25, 0.3) is 0 Å². The molecular formula is C19H34N2O3. The van der Waals surface area contributed by atoms with Gasteiger partial charge < -0.3 is 24.8 Å². The number of methoxy groups -OCH3 is 2. The first-order valence-electron chi connectivity index (χ1n) is 9.90. The monoisotopic (exact) mass is 338 g/mol. The van der Waals surface area contributed by atoms with E-state index in [9.17, 15) is 0 Å². The molecule has 5 nitrogen and oxygen atoms in total. The molecule has 0 aromatic rings. The molecule has 0 bridgehead atoms. The summed E-state index contributed by atoms with van der Waals surface area (Å²) in [5.41, 5.74) is 0. The van der Waals surface area contributed by atoms with Gasteiger partial charge in [-0.15, -0.1) is 0 Å². The zero-order valence-electron chi connectivity index (χ0n) is 15.2. The van der Waals surface area contributed by atoms with Crippen LogP contribution < -0.4 is 10.6 Å². The normalized spacial score (nSPS) is 49.2. The summed E-state index contributed by atoms with van der Waals surface area (Å²) in [5.74, 6) is 3.89. The number of fused-ring (bicyclic) bond motifs is 1. The Morgan fingerprint density at radius 3 is 2.38 bits per heavy atom. The van der Waals surface area contributed by atoms with Crippen LogP contribution in [0.3, 0.4) is 0 Å². The second kappa shape index (κ2) is 7.58. The van der Waals surface area contributed by atoms with Gasteiger partial charge in [0.1, 0.15) is 0 Å². The Morgan fingerprint density at radius 1 is 0.792 bits per heavy atom. The molecule has 3 heterocycles. The minimum Gasteiger partial charge on any atom is -0.381 e. The van der Waals surface area contributed by atoms with Crippen LogP contribution in [-0.2, 0) is 14.2 Å². The fraction of sp³-hybridized carbons (Fsp3) is 1.00. The first-order valence-corrected chi connectivity index (χ1v) is 9.90. The molecule has 1 saturated carbocycles. The molecule has 4 aliphatic rings. The van der Waals surface area contributed by atoms with Gasteiger partial charge in [0, 0.05) is 34.0 Å². The fourth-order valence-corrected chi connectivity index (χ4v) is 5.90. The lowest BCUT2D eigenvalue weighted by atomic mass is 9.69. The van der Waals surface area contributed by atoms with Crippen molar-refractivity contribution >= 4 is 0 Å². The van der Waals surface area contributed by atoms with E-state index in [1.54, 1.807) is 0 Å². The Bertz CT molecular complexity index is 415. The summed E-state index contributed by atoms with van der Waals surface area (Å²) in [6.07, 6.45) is 7.29.